The van der Waals surface area contributed by atoms with E-state index in [1.807, 2.05) is 13.8 Å². The summed E-state index contributed by atoms with van der Waals surface area (Å²) in [7, 11) is 0. The van der Waals surface area contributed by atoms with Crippen molar-refractivity contribution in [2.24, 2.45) is 5.92 Å². The molecule has 0 aliphatic carbocycles. The fraction of sp³-hybridized carbons (Fsp3) is 0.526. The molecule has 146 valence electrons. The summed E-state index contributed by atoms with van der Waals surface area (Å²) in [6.07, 6.45) is 0.897. The van der Waals surface area contributed by atoms with Crippen LogP contribution in [0, 0.1) is 5.92 Å². The van der Waals surface area contributed by atoms with E-state index in [0.29, 0.717) is 36.5 Å². The zero-order chi connectivity index (χ0) is 19.4. The highest BCUT2D eigenvalue weighted by Gasteiger charge is 2.29. The van der Waals surface area contributed by atoms with Crippen LogP contribution in [0.15, 0.2) is 18.2 Å². The second kappa shape index (κ2) is 8.39. The van der Waals surface area contributed by atoms with E-state index >= 15 is 0 Å². The number of fused-ring (bicyclic) bond motifs is 1. The molecule has 1 fully saturated rings. The van der Waals surface area contributed by atoms with Gasteiger partial charge in [-0.25, -0.2) is 0 Å². The summed E-state index contributed by atoms with van der Waals surface area (Å²) in [6.45, 7) is 4.48. The average Bonchev–Trinajstić information content (AvgIpc) is 3.10. The molecule has 27 heavy (non-hydrogen) atoms. The molecule has 1 saturated heterocycles. The van der Waals surface area contributed by atoms with Crippen LogP contribution in [0.2, 0.25) is 0 Å². The minimum Gasteiger partial charge on any atom is -0.454 e. The zero-order valence-corrected chi connectivity index (χ0v) is 15.4. The molecule has 2 amide bonds. The van der Waals surface area contributed by atoms with E-state index in [9.17, 15) is 14.4 Å². The fourth-order valence-electron chi connectivity index (χ4n) is 3.04. The summed E-state index contributed by atoms with van der Waals surface area (Å²) in [5.41, 5.74) is 0.378. The first-order chi connectivity index (χ1) is 12.9. The molecule has 8 nitrogen and oxygen atoms in total. The van der Waals surface area contributed by atoms with Crippen LogP contribution in [-0.4, -0.2) is 49.7 Å². The number of amides is 2. The summed E-state index contributed by atoms with van der Waals surface area (Å²) in [4.78, 5) is 37.2. The van der Waals surface area contributed by atoms with Gasteiger partial charge >= 0.3 is 0 Å². The molecule has 8 heteroatoms. The van der Waals surface area contributed by atoms with Crippen molar-refractivity contribution in [1.29, 1.82) is 0 Å². The van der Waals surface area contributed by atoms with Gasteiger partial charge in [-0.15, -0.1) is 0 Å². The highest BCUT2D eigenvalue weighted by Crippen LogP contribution is 2.32. The Morgan fingerprint density at radius 1 is 1.22 bits per heavy atom. The van der Waals surface area contributed by atoms with Gasteiger partial charge in [0.1, 0.15) is 12.6 Å². The van der Waals surface area contributed by atoms with Gasteiger partial charge in [0.15, 0.2) is 17.3 Å². The molecule has 2 atom stereocenters. The number of carbonyl (C=O) groups is 3. The minimum absolute atomic E-state index is 0.00332. The Morgan fingerprint density at radius 3 is 2.74 bits per heavy atom. The number of hydrogen-bond donors (Lipinski definition) is 2. The first kappa shape index (κ1) is 19.2. The number of benzene rings is 1. The quantitative estimate of drug-likeness (QED) is 0.769. The predicted molar refractivity (Wildman–Crippen MR) is 95.6 cm³/mol. The molecule has 1 unspecified atom stereocenters. The van der Waals surface area contributed by atoms with Crippen LogP contribution in [0.5, 0.6) is 11.5 Å². The molecular weight excluding hydrogens is 352 g/mol. The second-order valence-corrected chi connectivity index (χ2v) is 7.09. The summed E-state index contributed by atoms with van der Waals surface area (Å²) in [6, 6.07) is 3.57. The number of ketones is 1. The lowest BCUT2D eigenvalue weighted by molar-refractivity contribution is -0.134. The van der Waals surface area contributed by atoms with Crippen LogP contribution in [0.4, 0.5) is 0 Å². The van der Waals surface area contributed by atoms with Gasteiger partial charge < -0.3 is 24.8 Å². The van der Waals surface area contributed by atoms with Crippen molar-refractivity contribution in [3.8, 4) is 11.5 Å². The Balaban J connectivity index is 1.67. The maximum atomic E-state index is 12.7. The van der Waals surface area contributed by atoms with Crippen LogP contribution in [0.25, 0.3) is 0 Å². The van der Waals surface area contributed by atoms with Gasteiger partial charge in [-0.2, -0.15) is 0 Å². The van der Waals surface area contributed by atoms with E-state index in [4.69, 9.17) is 14.2 Å². The van der Waals surface area contributed by atoms with E-state index in [2.05, 4.69) is 10.6 Å². The molecule has 1 aromatic carbocycles. The first-order valence-electron chi connectivity index (χ1n) is 9.05. The molecule has 2 aliphatic heterocycles. The normalized spacial score (nSPS) is 19.7. The molecule has 2 N–H and O–H groups in total. The number of hydrogen-bond acceptors (Lipinski definition) is 6. The molecule has 1 aromatic rings. The van der Waals surface area contributed by atoms with Gasteiger partial charge in [-0.1, -0.05) is 13.8 Å². The largest absolute Gasteiger partial charge is 0.454 e. The maximum absolute atomic E-state index is 12.7. The lowest BCUT2D eigenvalue weighted by atomic mass is 10.0. The van der Waals surface area contributed by atoms with Gasteiger partial charge in [-0.05, 0) is 37.0 Å². The molecule has 2 aliphatic rings. The van der Waals surface area contributed by atoms with Gasteiger partial charge in [0, 0.05) is 12.2 Å². The van der Waals surface area contributed by atoms with Crippen molar-refractivity contribution < 1.29 is 28.6 Å². The van der Waals surface area contributed by atoms with Crippen LogP contribution in [0.1, 0.15) is 37.0 Å². The van der Waals surface area contributed by atoms with Crippen molar-refractivity contribution in [3.63, 3.8) is 0 Å². The summed E-state index contributed by atoms with van der Waals surface area (Å²) in [5.74, 6) is 0.370. The van der Waals surface area contributed by atoms with Gasteiger partial charge in [-0.3, -0.25) is 14.4 Å². The molecule has 0 spiro atoms. The van der Waals surface area contributed by atoms with E-state index in [1.54, 1.807) is 18.2 Å². The molecule has 3 rings (SSSR count). The summed E-state index contributed by atoms with van der Waals surface area (Å²) < 4.78 is 15.6. The van der Waals surface area contributed by atoms with Crippen LogP contribution >= 0.6 is 0 Å². The Bertz CT molecular complexity index is 733. The third-order valence-electron chi connectivity index (χ3n) is 4.46. The topological polar surface area (TPSA) is 103 Å². The molecule has 0 bridgehead atoms. The standard InChI is InChI=1S/C19H24N2O6/c1-11(2)7-14(19(24)20-13-5-6-25-9-15(13)22)21-18(23)12-3-4-16-17(8-12)27-10-26-16/h3-4,8,11,13-14H,5-7,9-10H2,1-2H3,(H,20,24)(H,21,23)/t13?,14-/m0/s1. The van der Waals surface area contributed by atoms with E-state index < -0.39 is 12.1 Å². The SMILES string of the molecule is CC(C)C[C@H](NC(=O)c1ccc2c(c1)OCO2)C(=O)NC1CCOCC1=O. The molecule has 0 saturated carbocycles. The molecule has 0 radical (unpaired) electrons. The zero-order valence-electron chi connectivity index (χ0n) is 15.4. The fourth-order valence-corrected chi connectivity index (χ4v) is 3.04. The third kappa shape index (κ3) is 4.77. The van der Waals surface area contributed by atoms with Crippen molar-refractivity contribution in [3.05, 3.63) is 23.8 Å². The van der Waals surface area contributed by atoms with Crippen LogP contribution in [0.3, 0.4) is 0 Å². The van der Waals surface area contributed by atoms with Crippen molar-refractivity contribution in [1.82, 2.24) is 10.6 Å². The third-order valence-corrected chi connectivity index (χ3v) is 4.46. The molecule has 0 aromatic heterocycles. The Kier molecular flexibility index (Phi) is 5.95. The van der Waals surface area contributed by atoms with Crippen molar-refractivity contribution in [2.45, 2.75) is 38.8 Å². The number of Topliss-reactive ketones (excluding diaryl/α,β-unsaturated/α-hetero) is 1. The summed E-state index contributed by atoms with van der Waals surface area (Å²) >= 11 is 0. The van der Waals surface area contributed by atoms with Crippen molar-refractivity contribution >= 4 is 17.6 Å². The van der Waals surface area contributed by atoms with E-state index in [0.717, 1.165) is 0 Å². The predicted octanol–water partition coefficient (Wildman–Crippen LogP) is 1.03. The number of ether oxygens (including phenoxy) is 3. The monoisotopic (exact) mass is 376 g/mol. The minimum atomic E-state index is -0.737. The van der Waals surface area contributed by atoms with E-state index in [-0.39, 0.29) is 36.9 Å². The molecule has 2 heterocycles. The van der Waals surface area contributed by atoms with E-state index in [1.165, 1.54) is 0 Å². The highest BCUT2D eigenvalue weighted by molar-refractivity contribution is 5.99. The van der Waals surface area contributed by atoms with Crippen molar-refractivity contribution in [2.75, 3.05) is 20.0 Å². The van der Waals surface area contributed by atoms with Crippen LogP contribution in [-0.2, 0) is 14.3 Å². The van der Waals surface area contributed by atoms with Gasteiger partial charge in [0.05, 0.1) is 6.04 Å². The lowest BCUT2D eigenvalue weighted by Crippen LogP contribution is -2.53. The summed E-state index contributed by atoms with van der Waals surface area (Å²) in [5, 5.41) is 5.51. The maximum Gasteiger partial charge on any atom is 0.252 e. The second-order valence-electron chi connectivity index (χ2n) is 7.09. The number of nitrogens with one attached hydrogen (secondary N) is 2. The van der Waals surface area contributed by atoms with Crippen LogP contribution < -0.4 is 20.1 Å². The van der Waals surface area contributed by atoms with Gasteiger partial charge in [0.25, 0.3) is 5.91 Å². The lowest BCUT2D eigenvalue weighted by Gasteiger charge is -2.26. The van der Waals surface area contributed by atoms with Gasteiger partial charge in [0.2, 0.25) is 12.7 Å². The average molecular weight is 376 g/mol. The number of rotatable bonds is 6. The Labute approximate surface area is 157 Å². The smallest absolute Gasteiger partial charge is 0.252 e. The number of carbonyl (C=O) groups excluding carboxylic acids is 3. The Hall–Kier alpha value is -2.61. The molecular formula is C19H24N2O6. The highest BCUT2D eigenvalue weighted by atomic mass is 16.7. The first-order valence-corrected chi connectivity index (χ1v) is 9.05. The Morgan fingerprint density at radius 2 is 2.00 bits per heavy atom.